The van der Waals surface area contributed by atoms with E-state index in [1.165, 1.54) is 11.6 Å². The number of carbonyl (C=O) groups excluding carboxylic acids is 2. The lowest BCUT2D eigenvalue weighted by Crippen LogP contribution is -2.34. The van der Waals surface area contributed by atoms with Crippen molar-refractivity contribution in [1.82, 2.24) is 20.1 Å². The van der Waals surface area contributed by atoms with Gasteiger partial charge in [-0.1, -0.05) is 49.4 Å². The van der Waals surface area contributed by atoms with Crippen LogP contribution in [0.5, 0.6) is 0 Å². The van der Waals surface area contributed by atoms with Crippen molar-refractivity contribution in [3.05, 3.63) is 105 Å². The lowest BCUT2D eigenvalue weighted by atomic mass is 9.90. The summed E-state index contributed by atoms with van der Waals surface area (Å²) in [7, 11) is 0. The Hall–Kier alpha value is -4.46. The average molecular weight is 482 g/mol. The van der Waals surface area contributed by atoms with Crippen LogP contribution in [0.2, 0.25) is 0 Å². The summed E-state index contributed by atoms with van der Waals surface area (Å²) in [4.78, 5) is 40.4. The van der Waals surface area contributed by atoms with Crippen molar-refractivity contribution in [3.63, 3.8) is 0 Å². The number of aromatic amines is 1. The monoisotopic (exact) mass is 481 g/mol. The first-order valence-electron chi connectivity index (χ1n) is 12.1. The topological polar surface area (TPSA) is 123 Å². The molecule has 4 aromatic rings. The zero-order chi connectivity index (χ0) is 25.2. The van der Waals surface area contributed by atoms with Crippen LogP contribution in [-0.2, 0) is 12.8 Å². The molecule has 4 N–H and O–H groups in total. The van der Waals surface area contributed by atoms with Gasteiger partial charge in [-0.3, -0.25) is 14.4 Å². The van der Waals surface area contributed by atoms with Gasteiger partial charge in [0.1, 0.15) is 11.3 Å². The Morgan fingerprint density at radius 1 is 1.11 bits per heavy atom. The molecule has 0 fully saturated rings. The largest absolute Gasteiger partial charge is 0.365 e. The van der Waals surface area contributed by atoms with Crippen LogP contribution in [0.15, 0.2) is 71.7 Å². The molecule has 8 nitrogen and oxygen atoms in total. The molecule has 0 saturated carbocycles. The van der Waals surface area contributed by atoms with E-state index >= 15 is 0 Å². The van der Waals surface area contributed by atoms with Crippen LogP contribution in [0.4, 0.5) is 0 Å². The third kappa shape index (κ3) is 4.45. The predicted octanol–water partition coefficient (Wildman–Crippen LogP) is 3.70. The molecular formula is C28H27N5O3. The van der Waals surface area contributed by atoms with Crippen LogP contribution in [0.3, 0.4) is 0 Å². The molecule has 1 atom stereocenters. The van der Waals surface area contributed by atoms with Crippen molar-refractivity contribution in [3.8, 4) is 16.9 Å². The fourth-order valence-corrected chi connectivity index (χ4v) is 4.67. The van der Waals surface area contributed by atoms with E-state index in [9.17, 15) is 14.4 Å². The zero-order valence-electron chi connectivity index (χ0n) is 20.0. The van der Waals surface area contributed by atoms with Crippen molar-refractivity contribution in [2.45, 2.75) is 38.6 Å². The quantitative estimate of drug-likeness (QED) is 0.389. The minimum Gasteiger partial charge on any atom is -0.365 e. The first-order chi connectivity index (χ1) is 17.4. The highest BCUT2D eigenvalue weighted by atomic mass is 16.2. The van der Waals surface area contributed by atoms with Crippen LogP contribution >= 0.6 is 0 Å². The van der Waals surface area contributed by atoms with E-state index in [-0.39, 0.29) is 17.5 Å². The molecule has 2 aromatic carbocycles. The van der Waals surface area contributed by atoms with Gasteiger partial charge in [0, 0.05) is 17.5 Å². The maximum Gasteiger partial charge on any atom is 0.261 e. The first kappa shape index (κ1) is 23.3. The molecule has 2 amide bonds. The molecule has 36 heavy (non-hydrogen) atoms. The van der Waals surface area contributed by atoms with Crippen molar-refractivity contribution >= 4 is 11.8 Å². The number of carbonyl (C=O) groups is 2. The van der Waals surface area contributed by atoms with Crippen LogP contribution in [0, 0.1) is 0 Å². The minimum absolute atomic E-state index is 0.108. The third-order valence-electron chi connectivity index (χ3n) is 6.64. The van der Waals surface area contributed by atoms with E-state index in [2.05, 4.69) is 17.2 Å². The van der Waals surface area contributed by atoms with E-state index in [1.54, 1.807) is 10.9 Å². The Bertz CT molecular complexity index is 1490. The van der Waals surface area contributed by atoms with E-state index in [4.69, 9.17) is 10.8 Å². The summed E-state index contributed by atoms with van der Waals surface area (Å²) in [5, 5.41) is 7.87. The van der Waals surface area contributed by atoms with Gasteiger partial charge in [0.15, 0.2) is 0 Å². The number of hydrogen-bond acceptors (Lipinski definition) is 4. The summed E-state index contributed by atoms with van der Waals surface area (Å²) in [6.45, 7) is 2.09. The number of H-pyrrole nitrogens is 1. The number of aryl methyl sites for hydroxylation is 2. The van der Waals surface area contributed by atoms with Crippen LogP contribution in [0.1, 0.15) is 63.3 Å². The Morgan fingerprint density at radius 3 is 2.56 bits per heavy atom. The maximum atomic E-state index is 13.6. The second-order valence-corrected chi connectivity index (χ2v) is 8.95. The Balaban J connectivity index is 1.53. The van der Waals surface area contributed by atoms with Gasteiger partial charge in [-0.05, 0) is 55.0 Å². The smallest absolute Gasteiger partial charge is 0.261 e. The number of rotatable bonds is 6. The molecule has 1 aliphatic carbocycles. The number of hydrogen-bond donors (Lipinski definition) is 3. The molecule has 5 rings (SSSR count). The van der Waals surface area contributed by atoms with Gasteiger partial charge in [0.25, 0.3) is 17.4 Å². The van der Waals surface area contributed by atoms with Crippen LogP contribution in [-0.4, -0.2) is 26.6 Å². The van der Waals surface area contributed by atoms with Crippen LogP contribution in [0.25, 0.3) is 16.9 Å². The lowest BCUT2D eigenvalue weighted by Gasteiger charge is -2.26. The van der Waals surface area contributed by atoms with Crippen molar-refractivity contribution in [1.29, 1.82) is 0 Å². The van der Waals surface area contributed by atoms with Gasteiger partial charge in [0.05, 0.1) is 17.3 Å². The number of nitrogens with one attached hydrogen (secondary N) is 2. The first-order valence-corrected chi connectivity index (χ1v) is 12.1. The van der Waals surface area contributed by atoms with Gasteiger partial charge >= 0.3 is 0 Å². The highest BCUT2D eigenvalue weighted by molar-refractivity contribution is 6.00. The second kappa shape index (κ2) is 9.65. The van der Waals surface area contributed by atoms with E-state index < -0.39 is 11.5 Å². The molecule has 0 saturated heterocycles. The SMILES string of the molecule is CCc1ccc(-c2nn(-c3ccccc3)cc2C(=O)NC2CCCc3[nH]c(=O)c(C(N)=O)cc32)cc1. The number of aromatic nitrogens is 3. The standard InChI is InChI=1S/C28H27N5O3/c1-2-17-11-13-18(14-12-17)25-22(16-33(32-25)19-7-4-3-5-8-19)28(36)31-24-10-6-9-23-20(24)15-21(26(29)34)27(35)30-23/h3-5,7-8,11-16,24H,2,6,9-10H2,1H3,(H2,29,34)(H,30,35)(H,31,36). The number of nitrogens with two attached hydrogens (primary N) is 1. The minimum atomic E-state index is -0.795. The summed E-state index contributed by atoms with van der Waals surface area (Å²) in [6, 6.07) is 18.8. The molecule has 0 spiro atoms. The highest BCUT2D eigenvalue weighted by Crippen LogP contribution is 2.30. The summed E-state index contributed by atoms with van der Waals surface area (Å²) in [5.41, 5.74) is 10.1. The summed E-state index contributed by atoms with van der Waals surface area (Å²) >= 11 is 0. The molecule has 8 heteroatoms. The number of benzene rings is 2. The summed E-state index contributed by atoms with van der Waals surface area (Å²) in [5.74, 6) is -1.08. The van der Waals surface area contributed by atoms with Crippen LogP contribution < -0.4 is 16.6 Å². The highest BCUT2D eigenvalue weighted by Gasteiger charge is 2.27. The molecule has 1 aliphatic rings. The number of pyridine rings is 1. The molecule has 2 heterocycles. The normalized spacial score (nSPS) is 14.8. The van der Waals surface area contributed by atoms with Crippen molar-refractivity contribution < 1.29 is 9.59 Å². The second-order valence-electron chi connectivity index (χ2n) is 8.95. The van der Waals surface area contributed by atoms with E-state index in [0.29, 0.717) is 29.7 Å². The van der Waals surface area contributed by atoms with Crippen molar-refractivity contribution in [2.75, 3.05) is 0 Å². The van der Waals surface area contributed by atoms with Crippen molar-refractivity contribution in [2.24, 2.45) is 5.73 Å². The van der Waals surface area contributed by atoms with Gasteiger partial charge in [0.2, 0.25) is 0 Å². The van der Waals surface area contributed by atoms with Gasteiger partial charge < -0.3 is 16.0 Å². The fourth-order valence-electron chi connectivity index (χ4n) is 4.67. The van der Waals surface area contributed by atoms with Gasteiger partial charge in [-0.25, -0.2) is 4.68 Å². The number of amides is 2. The molecule has 182 valence electrons. The molecular weight excluding hydrogens is 454 g/mol. The Morgan fingerprint density at radius 2 is 1.86 bits per heavy atom. The average Bonchev–Trinajstić information content (AvgIpc) is 3.35. The van der Waals surface area contributed by atoms with E-state index in [1.807, 2.05) is 54.6 Å². The molecule has 0 bridgehead atoms. The molecule has 0 radical (unpaired) electrons. The lowest BCUT2D eigenvalue weighted by molar-refractivity contribution is 0.0933. The third-order valence-corrected chi connectivity index (χ3v) is 6.64. The Labute approximate surface area is 208 Å². The zero-order valence-corrected chi connectivity index (χ0v) is 20.0. The number of para-hydroxylation sites is 1. The maximum absolute atomic E-state index is 13.6. The number of fused-ring (bicyclic) bond motifs is 1. The number of nitrogens with zero attached hydrogens (tertiary/aromatic N) is 2. The molecule has 0 aliphatic heterocycles. The Kier molecular flexibility index (Phi) is 6.25. The summed E-state index contributed by atoms with van der Waals surface area (Å²) < 4.78 is 1.70. The van der Waals surface area contributed by atoms with Gasteiger partial charge in [-0.2, -0.15) is 5.10 Å². The fraction of sp³-hybridized carbons (Fsp3) is 0.214. The molecule has 2 aromatic heterocycles. The predicted molar refractivity (Wildman–Crippen MR) is 137 cm³/mol. The van der Waals surface area contributed by atoms with E-state index in [0.717, 1.165) is 29.8 Å². The van der Waals surface area contributed by atoms with Gasteiger partial charge in [-0.15, -0.1) is 0 Å². The summed E-state index contributed by atoms with van der Waals surface area (Å²) in [6.07, 6.45) is 4.79. The molecule has 1 unspecified atom stereocenters. The number of primary amides is 1.